The van der Waals surface area contributed by atoms with Gasteiger partial charge in [0.25, 0.3) is 0 Å². The Bertz CT molecular complexity index is 521. The maximum Gasteiger partial charge on any atom is 0.149 e. The summed E-state index contributed by atoms with van der Waals surface area (Å²) in [6, 6.07) is 13.6. The van der Waals surface area contributed by atoms with Gasteiger partial charge in [0.15, 0.2) is 0 Å². The first-order valence-corrected chi connectivity index (χ1v) is 5.69. The molecule has 2 rings (SSSR count). The third-order valence-corrected chi connectivity index (χ3v) is 2.37. The molecule has 0 aliphatic heterocycles. The van der Waals surface area contributed by atoms with Crippen LogP contribution < -0.4 is 9.47 Å². The molecule has 6 heteroatoms. The minimum atomic E-state index is 0.338. The van der Waals surface area contributed by atoms with Gasteiger partial charge < -0.3 is 9.47 Å². The van der Waals surface area contributed by atoms with E-state index in [1.54, 1.807) is 48.5 Å². The zero-order valence-electron chi connectivity index (χ0n) is 11.1. The number of nitrogens with zero attached hydrogens (tertiary/aromatic N) is 2. The Morgan fingerprint density at radius 1 is 0.700 bits per heavy atom. The predicted molar refractivity (Wildman–Crippen MR) is 76.9 cm³/mol. The molecule has 0 spiro atoms. The monoisotopic (exact) mass is 274 g/mol. The molecule has 0 bridgehead atoms. The average Bonchev–Trinajstić information content (AvgIpc) is 2.55. The first-order chi connectivity index (χ1) is 9.76. The standard InChI is InChI=1S/2C7H7NO2/c2*1-10-7-5-3-2-4-6(7)8-9/h2*2-5H,1H3. The van der Waals surface area contributed by atoms with E-state index < -0.39 is 0 Å². The van der Waals surface area contributed by atoms with E-state index in [-0.39, 0.29) is 0 Å². The van der Waals surface area contributed by atoms with E-state index in [2.05, 4.69) is 10.4 Å². The van der Waals surface area contributed by atoms with Gasteiger partial charge in [-0.25, -0.2) is 0 Å². The summed E-state index contributed by atoms with van der Waals surface area (Å²) in [6.07, 6.45) is 0. The molecule has 0 aliphatic carbocycles. The summed E-state index contributed by atoms with van der Waals surface area (Å²) in [4.78, 5) is 20.1. The zero-order chi connectivity index (χ0) is 14.8. The van der Waals surface area contributed by atoms with Gasteiger partial charge in [-0.2, -0.15) is 0 Å². The van der Waals surface area contributed by atoms with Crippen LogP contribution in [0, 0.1) is 9.81 Å². The van der Waals surface area contributed by atoms with Crippen LogP contribution in [0.15, 0.2) is 58.9 Å². The van der Waals surface area contributed by atoms with Crippen molar-refractivity contribution in [2.75, 3.05) is 14.2 Å². The van der Waals surface area contributed by atoms with Crippen molar-refractivity contribution < 1.29 is 9.47 Å². The van der Waals surface area contributed by atoms with Gasteiger partial charge in [-0.1, -0.05) is 24.3 Å². The second-order valence-corrected chi connectivity index (χ2v) is 3.53. The fourth-order valence-electron chi connectivity index (χ4n) is 1.41. The maximum atomic E-state index is 10.1. The zero-order valence-corrected chi connectivity index (χ0v) is 11.1. The number of hydrogen-bond acceptors (Lipinski definition) is 6. The summed E-state index contributed by atoms with van der Waals surface area (Å²) in [5.41, 5.74) is 0.676. The van der Waals surface area contributed by atoms with Crippen LogP contribution >= 0.6 is 0 Å². The maximum absolute atomic E-state index is 10.1. The Labute approximate surface area is 116 Å². The second-order valence-electron chi connectivity index (χ2n) is 3.53. The molecular formula is C14H14N2O4. The van der Waals surface area contributed by atoms with Gasteiger partial charge >= 0.3 is 0 Å². The lowest BCUT2D eigenvalue weighted by Crippen LogP contribution is -1.80. The van der Waals surface area contributed by atoms with Crippen LogP contribution in [-0.4, -0.2) is 14.2 Å². The minimum absolute atomic E-state index is 0.338. The number of rotatable bonds is 4. The lowest BCUT2D eigenvalue weighted by atomic mass is 10.3. The van der Waals surface area contributed by atoms with Crippen LogP contribution in [0.3, 0.4) is 0 Å². The van der Waals surface area contributed by atoms with Crippen LogP contribution in [-0.2, 0) is 0 Å². The molecule has 0 aliphatic rings. The fraction of sp³-hybridized carbons (Fsp3) is 0.143. The third-order valence-electron chi connectivity index (χ3n) is 2.37. The van der Waals surface area contributed by atoms with Gasteiger partial charge in [-0.15, -0.1) is 9.81 Å². The van der Waals surface area contributed by atoms with Crippen molar-refractivity contribution >= 4 is 11.4 Å². The van der Waals surface area contributed by atoms with E-state index in [0.29, 0.717) is 22.9 Å². The Balaban J connectivity index is 0.000000200. The summed E-state index contributed by atoms with van der Waals surface area (Å²) in [5, 5.41) is 5.53. The molecule has 20 heavy (non-hydrogen) atoms. The van der Waals surface area contributed by atoms with E-state index >= 15 is 0 Å². The quantitative estimate of drug-likeness (QED) is 0.783. The van der Waals surface area contributed by atoms with Crippen LogP contribution in [0.25, 0.3) is 0 Å². The summed E-state index contributed by atoms with van der Waals surface area (Å²) in [6.45, 7) is 0. The summed E-state index contributed by atoms with van der Waals surface area (Å²) < 4.78 is 9.68. The van der Waals surface area contributed by atoms with Crippen molar-refractivity contribution in [3.8, 4) is 11.5 Å². The Morgan fingerprint density at radius 3 is 1.30 bits per heavy atom. The van der Waals surface area contributed by atoms with Crippen LogP contribution in [0.1, 0.15) is 0 Å². The molecule has 0 aromatic heterocycles. The number of methoxy groups -OCH3 is 2. The van der Waals surface area contributed by atoms with Crippen molar-refractivity contribution in [1.82, 2.24) is 0 Å². The largest absolute Gasteiger partial charge is 0.494 e. The van der Waals surface area contributed by atoms with E-state index in [9.17, 15) is 9.81 Å². The third kappa shape index (κ3) is 4.16. The summed E-state index contributed by atoms with van der Waals surface area (Å²) >= 11 is 0. The Kier molecular flexibility index (Phi) is 6.40. The van der Waals surface area contributed by atoms with E-state index in [4.69, 9.17) is 9.47 Å². The highest BCUT2D eigenvalue weighted by Gasteiger charge is 1.98. The molecule has 6 nitrogen and oxygen atoms in total. The molecule has 0 amide bonds. The van der Waals surface area contributed by atoms with Crippen LogP contribution in [0.2, 0.25) is 0 Å². The molecule has 104 valence electrons. The van der Waals surface area contributed by atoms with E-state index in [1.165, 1.54) is 14.2 Å². The van der Waals surface area contributed by atoms with Gasteiger partial charge in [-0.3, -0.25) is 0 Å². The average molecular weight is 274 g/mol. The SMILES string of the molecule is COc1ccccc1N=O.COc1ccccc1N=O. The summed E-state index contributed by atoms with van der Waals surface area (Å²) in [5.74, 6) is 1.02. The first kappa shape index (κ1) is 15.3. The number of nitroso groups, excluding NO2 is 2. The number of ether oxygens (including phenoxy) is 2. The molecule has 0 saturated heterocycles. The molecule has 2 aromatic rings. The van der Waals surface area contributed by atoms with Crippen molar-refractivity contribution in [3.05, 3.63) is 58.3 Å². The highest BCUT2D eigenvalue weighted by molar-refractivity contribution is 5.51. The van der Waals surface area contributed by atoms with Gasteiger partial charge in [-0.05, 0) is 34.6 Å². The Morgan fingerprint density at radius 2 is 1.05 bits per heavy atom. The molecule has 0 radical (unpaired) electrons. The van der Waals surface area contributed by atoms with Gasteiger partial charge in [0.2, 0.25) is 0 Å². The van der Waals surface area contributed by atoms with Crippen LogP contribution in [0.5, 0.6) is 11.5 Å². The predicted octanol–water partition coefficient (Wildman–Crippen LogP) is 4.19. The van der Waals surface area contributed by atoms with Crippen LogP contribution in [0.4, 0.5) is 11.4 Å². The van der Waals surface area contributed by atoms with Gasteiger partial charge in [0.1, 0.15) is 22.9 Å². The second kappa shape index (κ2) is 8.36. The topological polar surface area (TPSA) is 77.3 Å². The molecule has 0 saturated carbocycles. The smallest absolute Gasteiger partial charge is 0.149 e. The lowest BCUT2D eigenvalue weighted by molar-refractivity contribution is 0.416. The molecule has 0 N–H and O–H groups in total. The minimum Gasteiger partial charge on any atom is -0.494 e. The van der Waals surface area contributed by atoms with Gasteiger partial charge in [0, 0.05) is 0 Å². The van der Waals surface area contributed by atoms with Gasteiger partial charge in [0.05, 0.1) is 14.2 Å². The highest BCUT2D eigenvalue weighted by Crippen LogP contribution is 2.25. The first-order valence-electron chi connectivity index (χ1n) is 5.69. The number of hydrogen-bond donors (Lipinski definition) is 0. The fourth-order valence-corrected chi connectivity index (χ4v) is 1.41. The normalized spacial score (nSPS) is 8.90. The molecule has 0 unspecified atom stereocenters. The van der Waals surface area contributed by atoms with E-state index in [1.807, 2.05) is 0 Å². The molecule has 0 atom stereocenters. The van der Waals surface area contributed by atoms with Crippen molar-refractivity contribution in [1.29, 1.82) is 0 Å². The number of para-hydroxylation sites is 2. The molecular weight excluding hydrogens is 260 g/mol. The molecule has 0 fully saturated rings. The molecule has 2 aromatic carbocycles. The highest BCUT2D eigenvalue weighted by atomic mass is 16.5. The van der Waals surface area contributed by atoms with Crippen molar-refractivity contribution in [2.45, 2.75) is 0 Å². The number of benzene rings is 2. The van der Waals surface area contributed by atoms with Crippen molar-refractivity contribution in [2.24, 2.45) is 10.4 Å². The Hall–Kier alpha value is -2.76. The molecule has 0 heterocycles. The summed E-state index contributed by atoms with van der Waals surface area (Å²) in [7, 11) is 3.01. The van der Waals surface area contributed by atoms with Crippen molar-refractivity contribution in [3.63, 3.8) is 0 Å². The lowest BCUT2D eigenvalue weighted by Gasteiger charge is -1.98. The van der Waals surface area contributed by atoms with E-state index in [0.717, 1.165) is 0 Å².